The summed E-state index contributed by atoms with van der Waals surface area (Å²) in [5, 5.41) is 4.90. The Labute approximate surface area is 107 Å². The first-order valence-electron chi connectivity index (χ1n) is 5.94. The molecule has 0 aliphatic carbocycles. The molecule has 0 radical (unpaired) electrons. The molecule has 0 aliphatic rings. The fourth-order valence-electron chi connectivity index (χ4n) is 1.10. The summed E-state index contributed by atoms with van der Waals surface area (Å²) in [5.74, 6) is -1.14. The normalized spacial score (nSPS) is 12.5. The number of ether oxygens (including phenoxy) is 1. The summed E-state index contributed by atoms with van der Waals surface area (Å²) >= 11 is 0. The van der Waals surface area contributed by atoms with Gasteiger partial charge in [-0.2, -0.15) is 0 Å². The Bertz CT molecular complexity index is 321. The Hall–Kier alpha value is -1.59. The van der Waals surface area contributed by atoms with Crippen LogP contribution < -0.4 is 10.6 Å². The molecule has 0 fully saturated rings. The van der Waals surface area contributed by atoms with Gasteiger partial charge in [0, 0.05) is 6.42 Å². The van der Waals surface area contributed by atoms with Gasteiger partial charge in [0.05, 0.1) is 0 Å². The molecule has 0 aromatic heterocycles. The maximum absolute atomic E-state index is 11.5. The first kappa shape index (κ1) is 16.4. The van der Waals surface area contributed by atoms with Gasteiger partial charge in [0.15, 0.2) is 0 Å². The number of hydrogen-bond donors (Lipinski definition) is 2. The lowest BCUT2D eigenvalue weighted by Gasteiger charge is -2.20. The lowest BCUT2D eigenvalue weighted by atomic mass is 10.2. The van der Waals surface area contributed by atoms with Crippen molar-refractivity contribution in [1.82, 2.24) is 10.6 Å². The van der Waals surface area contributed by atoms with Gasteiger partial charge in [-0.25, -0.2) is 0 Å². The molecule has 0 rings (SSSR count). The minimum absolute atomic E-state index is 0.206. The second-order valence-electron chi connectivity index (χ2n) is 4.95. The molecule has 0 saturated heterocycles. The van der Waals surface area contributed by atoms with Crippen LogP contribution in [0.15, 0.2) is 0 Å². The van der Waals surface area contributed by atoms with Gasteiger partial charge in [0.1, 0.15) is 18.2 Å². The van der Waals surface area contributed by atoms with Crippen LogP contribution in [0.25, 0.3) is 0 Å². The third-order valence-corrected chi connectivity index (χ3v) is 1.92. The van der Waals surface area contributed by atoms with Crippen molar-refractivity contribution >= 4 is 17.8 Å². The number of amides is 2. The fourth-order valence-corrected chi connectivity index (χ4v) is 1.10. The molecule has 0 saturated carbocycles. The Morgan fingerprint density at radius 1 is 1.22 bits per heavy atom. The maximum atomic E-state index is 11.5. The van der Waals surface area contributed by atoms with Gasteiger partial charge in [-0.05, 0) is 27.7 Å². The van der Waals surface area contributed by atoms with E-state index in [9.17, 15) is 14.4 Å². The Morgan fingerprint density at radius 2 is 1.78 bits per heavy atom. The number of hydrogen-bond acceptors (Lipinski definition) is 4. The Morgan fingerprint density at radius 3 is 2.22 bits per heavy atom. The zero-order valence-electron chi connectivity index (χ0n) is 11.6. The summed E-state index contributed by atoms with van der Waals surface area (Å²) in [6, 6.07) is -0.667. The van der Waals surface area contributed by atoms with E-state index in [2.05, 4.69) is 10.6 Å². The Balaban J connectivity index is 4.03. The summed E-state index contributed by atoms with van der Waals surface area (Å²) < 4.78 is 5.03. The molecular weight excluding hydrogens is 236 g/mol. The number of esters is 1. The summed E-state index contributed by atoms with van der Waals surface area (Å²) in [6.07, 6.45) is 0.309. The maximum Gasteiger partial charge on any atom is 0.325 e. The van der Waals surface area contributed by atoms with E-state index in [0.717, 1.165) is 0 Å². The van der Waals surface area contributed by atoms with Crippen LogP contribution >= 0.6 is 0 Å². The van der Waals surface area contributed by atoms with Gasteiger partial charge in [0.25, 0.3) is 0 Å². The van der Waals surface area contributed by atoms with Crippen molar-refractivity contribution in [3.8, 4) is 0 Å². The van der Waals surface area contributed by atoms with E-state index < -0.39 is 23.5 Å². The topological polar surface area (TPSA) is 84.5 Å². The molecule has 18 heavy (non-hydrogen) atoms. The highest BCUT2D eigenvalue weighted by Gasteiger charge is 2.19. The van der Waals surface area contributed by atoms with Crippen molar-refractivity contribution in [2.45, 2.75) is 52.7 Å². The van der Waals surface area contributed by atoms with Crippen LogP contribution in [-0.2, 0) is 19.1 Å². The van der Waals surface area contributed by atoms with Crippen LogP contribution in [0.5, 0.6) is 0 Å². The standard InChI is InChI=1S/C12H22N2O4/c1-6-9(15)14-8(2)11(17)13-7-10(16)18-12(3,4)5/h8H,6-7H2,1-5H3,(H,13,17)(H,14,15)/t8-/m0/s1. The van der Waals surface area contributed by atoms with Crippen molar-refractivity contribution in [2.75, 3.05) is 6.54 Å². The number of rotatable bonds is 5. The van der Waals surface area contributed by atoms with Crippen molar-refractivity contribution in [3.05, 3.63) is 0 Å². The number of carbonyl (C=O) groups excluding carboxylic acids is 3. The monoisotopic (exact) mass is 258 g/mol. The van der Waals surface area contributed by atoms with Crippen molar-refractivity contribution in [2.24, 2.45) is 0 Å². The first-order chi connectivity index (χ1) is 8.15. The highest BCUT2D eigenvalue weighted by Crippen LogP contribution is 2.06. The highest BCUT2D eigenvalue weighted by atomic mass is 16.6. The van der Waals surface area contributed by atoms with Gasteiger partial charge in [-0.1, -0.05) is 6.92 Å². The number of nitrogens with one attached hydrogen (secondary N) is 2. The van der Waals surface area contributed by atoms with E-state index in [4.69, 9.17) is 4.74 Å². The average Bonchev–Trinajstić information content (AvgIpc) is 2.23. The van der Waals surface area contributed by atoms with Crippen LogP contribution in [0.2, 0.25) is 0 Å². The van der Waals surface area contributed by atoms with Gasteiger partial charge in [-0.15, -0.1) is 0 Å². The average molecular weight is 258 g/mol. The van der Waals surface area contributed by atoms with Crippen LogP contribution in [0.4, 0.5) is 0 Å². The molecule has 0 spiro atoms. The van der Waals surface area contributed by atoms with Gasteiger partial charge in [0.2, 0.25) is 11.8 Å². The minimum atomic E-state index is -0.667. The van der Waals surface area contributed by atoms with Crippen LogP contribution in [0, 0.1) is 0 Å². The van der Waals surface area contributed by atoms with Crippen molar-refractivity contribution < 1.29 is 19.1 Å². The SMILES string of the molecule is CCC(=O)N[C@@H](C)C(=O)NCC(=O)OC(C)(C)C. The molecule has 0 aromatic carbocycles. The highest BCUT2D eigenvalue weighted by molar-refractivity contribution is 5.89. The van der Waals surface area contributed by atoms with Crippen LogP contribution in [-0.4, -0.2) is 36.0 Å². The van der Waals surface area contributed by atoms with Crippen molar-refractivity contribution in [3.63, 3.8) is 0 Å². The molecule has 2 N–H and O–H groups in total. The van der Waals surface area contributed by atoms with Crippen molar-refractivity contribution in [1.29, 1.82) is 0 Å². The molecule has 0 bridgehead atoms. The molecule has 2 amide bonds. The van der Waals surface area contributed by atoms with Crippen LogP contribution in [0.3, 0.4) is 0 Å². The summed E-state index contributed by atoms with van der Waals surface area (Å²) in [7, 11) is 0. The quantitative estimate of drug-likeness (QED) is 0.697. The van der Waals surface area contributed by atoms with Gasteiger partial charge < -0.3 is 15.4 Å². The van der Waals surface area contributed by atoms with Gasteiger partial charge in [-0.3, -0.25) is 14.4 Å². The van der Waals surface area contributed by atoms with Gasteiger partial charge >= 0.3 is 5.97 Å². The van der Waals surface area contributed by atoms with Crippen LogP contribution in [0.1, 0.15) is 41.0 Å². The largest absolute Gasteiger partial charge is 0.459 e. The molecule has 0 aliphatic heterocycles. The predicted octanol–water partition coefficient (Wildman–Crippen LogP) is 0.359. The molecular formula is C12H22N2O4. The first-order valence-corrected chi connectivity index (χ1v) is 5.94. The number of carbonyl (C=O) groups is 3. The fraction of sp³-hybridized carbons (Fsp3) is 0.750. The molecule has 0 heterocycles. The molecule has 0 unspecified atom stereocenters. The zero-order valence-corrected chi connectivity index (χ0v) is 11.6. The lowest BCUT2D eigenvalue weighted by molar-refractivity contribution is -0.154. The van der Waals surface area contributed by atoms with E-state index in [1.165, 1.54) is 0 Å². The second-order valence-corrected chi connectivity index (χ2v) is 4.95. The second kappa shape index (κ2) is 6.98. The molecule has 6 nitrogen and oxygen atoms in total. The minimum Gasteiger partial charge on any atom is -0.459 e. The Kier molecular flexibility index (Phi) is 6.36. The predicted molar refractivity (Wildman–Crippen MR) is 66.8 cm³/mol. The molecule has 104 valence electrons. The third-order valence-electron chi connectivity index (χ3n) is 1.92. The van der Waals surface area contributed by atoms with E-state index in [0.29, 0.717) is 6.42 Å². The third kappa shape index (κ3) is 7.65. The molecule has 0 aromatic rings. The van der Waals surface area contributed by atoms with E-state index in [1.807, 2.05) is 0 Å². The molecule has 1 atom stereocenters. The molecule has 6 heteroatoms. The summed E-state index contributed by atoms with van der Waals surface area (Å²) in [6.45, 7) is 8.28. The zero-order chi connectivity index (χ0) is 14.3. The van der Waals surface area contributed by atoms with E-state index in [-0.39, 0.29) is 12.5 Å². The lowest BCUT2D eigenvalue weighted by Crippen LogP contribution is -2.46. The summed E-state index contributed by atoms with van der Waals surface area (Å²) in [5.41, 5.74) is -0.580. The van der Waals surface area contributed by atoms with E-state index >= 15 is 0 Å². The van der Waals surface area contributed by atoms with E-state index in [1.54, 1.807) is 34.6 Å². The smallest absolute Gasteiger partial charge is 0.325 e. The summed E-state index contributed by atoms with van der Waals surface area (Å²) in [4.78, 5) is 33.9.